The normalized spacial score (nSPS) is 18.3. The minimum atomic E-state index is -0.617. The molecule has 0 unspecified atom stereocenters. The van der Waals surface area contributed by atoms with Crippen LogP contribution in [0.1, 0.15) is 24.6 Å². The predicted octanol–water partition coefficient (Wildman–Crippen LogP) is 2.91. The molecule has 0 saturated carbocycles. The summed E-state index contributed by atoms with van der Waals surface area (Å²) in [6, 6.07) is 12.6. The van der Waals surface area contributed by atoms with Gasteiger partial charge in [-0.05, 0) is 49.3 Å². The van der Waals surface area contributed by atoms with Crippen LogP contribution in [0.4, 0.5) is 0 Å². The molecule has 1 fully saturated rings. The van der Waals surface area contributed by atoms with Crippen molar-refractivity contribution in [2.75, 3.05) is 19.6 Å². The second kappa shape index (κ2) is 9.01. The summed E-state index contributed by atoms with van der Waals surface area (Å²) in [6.45, 7) is 5.46. The Hall–Kier alpha value is -3.00. The van der Waals surface area contributed by atoms with Crippen molar-refractivity contribution in [1.29, 1.82) is 0 Å². The van der Waals surface area contributed by atoms with Crippen LogP contribution in [0.3, 0.4) is 0 Å². The van der Waals surface area contributed by atoms with E-state index in [4.69, 9.17) is 0 Å². The molecule has 2 amide bonds. The highest BCUT2D eigenvalue weighted by molar-refractivity contribution is 7.13. The summed E-state index contributed by atoms with van der Waals surface area (Å²) < 4.78 is 1.55. The van der Waals surface area contributed by atoms with Gasteiger partial charge in [-0.25, -0.2) is 4.68 Å². The van der Waals surface area contributed by atoms with Crippen molar-refractivity contribution < 1.29 is 9.59 Å². The highest BCUT2D eigenvalue weighted by atomic mass is 32.1. The minimum absolute atomic E-state index is 0.0178. The third kappa shape index (κ3) is 4.69. The lowest BCUT2D eigenvalue weighted by molar-refractivity contribution is -0.133. The van der Waals surface area contributed by atoms with E-state index >= 15 is 0 Å². The molecule has 162 valence electrons. The molecule has 1 atom stereocenters. The van der Waals surface area contributed by atoms with E-state index in [1.165, 1.54) is 10.4 Å². The molecule has 2 aromatic heterocycles. The predicted molar refractivity (Wildman–Crippen MR) is 121 cm³/mol. The molecule has 8 heteroatoms. The third-order valence-corrected chi connectivity index (χ3v) is 6.70. The van der Waals surface area contributed by atoms with Crippen LogP contribution in [0.2, 0.25) is 0 Å². The molecule has 1 aromatic carbocycles. The summed E-state index contributed by atoms with van der Waals surface area (Å²) >= 11 is 1.71. The Morgan fingerprint density at radius 3 is 2.68 bits per heavy atom. The molecule has 0 aliphatic carbocycles. The first kappa shape index (κ1) is 21.2. The van der Waals surface area contributed by atoms with Gasteiger partial charge in [0.1, 0.15) is 6.54 Å². The maximum absolute atomic E-state index is 13.1. The third-order valence-electron chi connectivity index (χ3n) is 5.78. The van der Waals surface area contributed by atoms with Gasteiger partial charge in [0.05, 0.1) is 11.1 Å². The molecular formula is C23H27N5O2S. The summed E-state index contributed by atoms with van der Waals surface area (Å²) in [5.74, 6) is -0.0200. The van der Waals surface area contributed by atoms with E-state index in [-0.39, 0.29) is 18.4 Å². The zero-order valence-corrected chi connectivity index (χ0v) is 18.7. The lowest BCUT2D eigenvalue weighted by atomic mass is 9.79. The minimum Gasteiger partial charge on any atom is -0.356 e. The quantitative estimate of drug-likeness (QED) is 0.616. The molecule has 3 heterocycles. The number of nitrogens with zero attached hydrogens (tertiary/aromatic N) is 4. The largest absolute Gasteiger partial charge is 0.356 e. The van der Waals surface area contributed by atoms with Gasteiger partial charge in [-0.1, -0.05) is 35.5 Å². The number of amides is 2. The summed E-state index contributed by atoms with van der Waals surface area (Å²) in [5, 5.41) is 13.0. The van der Waals surface area contributed by atoms with E-state index in [2.05, 4.69) is 51.3 Å². The molecular weight excluding hydrogens is 410 g/mol. The number of rotatable bonds is 7. The number of aryl methyl sites for hydroxylation is 1. The number of hydrogen-bond acceptors (Lipinski definition) is 5. The fraction of sp³-hybridized carbons (Fsp3) is 0.391. The van der Waals surface area contributed by atoms with E-state index in [1.54, 1.807) is 27.1 Å². The highest BCUT2D eigenvalue weighted by Gasteiger charge is 2.45. The number of likely N-dealkylation sites (tertiary alicyclic amines) is 1. The first-order chi connectivity index (χ1) is 15.0. The monoisotopic (exact) mass is 437 g/mol. The first-order valence-corrected chi connectivity index (χ1v) is 11.4. The van der Waals surface area contributed by atoms with Crippen molar-refractivity contribution in [1.82, 2.24) is 25.2 Å². The van der Waals surface area contributed by atoms with Crippen molar-refractivity contribution >= 4 is 23.2 Å². The van der Waals surface area contributed by atoms with Crippen molar-refractivity contribution in [3.05, 3.63) is 59.2 Å². The summed E-state index contributed by atoms with van der Waals surface area (Å²) in [7, 11) is 0. The van der Waals surface area contributed by atoms with E-state index in [0.29, 0.717) is 32.5 Å². The van der Waals surface area contributed by atoms with Crippen molar-refractivity contribution in [3.8, 4) is 10.4 Å². The molecule has 3 aromatic rings. The van der Waals surface area contributed by atoms with Crippen LogP contribution < -0.4 is 5.32 Å². The van der Waals surface area contributed by atoms with Crippen molar-refractivity contribution in [3.63, 3.8) is 0 Å². The Bertz CT molecular complexity index is 1040. The molecule has 7 nitrogen and oxygen atoms in total. The summed E-state index contributed by atoms with van der Waals surface area (Å²) in [4.78, 5) is 28.9. The zero-order chi connectivity index (χ0) is 21.8. The molecule has 1 saturated heterocycles. The molecule has 1 N–H and O–H groups in total. The average Bonchev–Trinajstić information content (AvgIpc) is 3.51. The van der Waals surface area contributed by atoms with Gasteiger partial charge in [-0.15, -0.1) is 16.4 Å². The van der Waals surface area contributed by atoms with Gasteiger partial charge in [0.25, 0.3) is 0 Å². The molecule has 1 aliphatic rings. The van der Waals surface area contributed by atoms with E-state index in [1.807, 2.05) is 19.9 Å². The maximum Gasteiger partial charge on any atom is 0.244 e. The number of benzene rings is 1. The highest BCUT2D eigenvalue weighted by Crippen LogP contribution is 2.35. The summed E-state index contributed by atoms with van der Waals surface area (Å²) in [6.07, 6.45) is 3.00. The lowest BCUT2D eigenvalue weighted by Crippen LogP contribution is -2.45. The first-order valence-electron chi connectivity index (χ1n) is 10.5. The second-order valence-corrected chi connectivity index (χ2v) is 9.06. The number of hydrogen-bond donors (Lipinski definition) is 1. The Labute approximate surface area is 186 Å². The van der Waals surface area contributed by atoms with Gasteiger partial charge < -0.3 is 10.2 Å². The smallest absolute Gasteiger partial charge is 0.244 e. The molecule has 0 spiro atoms. The van der Waals surface area contributed by atoms with Crippen LogP contribution in [-0.2, 0) is 22.6 Å². The fourth-order valence-corrected chi connectivity index (χ4v) is 4.91. The van der Waals surface area contributed by atoms with Crippen molar-refractivity contribution in [2.24, 2.45) is 5.41 Å². The Morgan fingerprint density at radius 2 is 2.03 bits per heavy atom. The lowest BCUT2D eigenvalue weighted by Gasteiger charge is -2.28. The number of carbonyl (C=O) groups is 2. The Morgan fingerprint density at radius 1 is 1.23 bits per heavy atom. The molecule has 31 heavy (non-hydrogen) atoms. The van der Waals surface area contributed by atoms with Crippen molar-refractivity contribution in [2.45, 2.75) is 33.2 Å². The van der Waals surface area contributed by atoms with Gasteiger partial charge in [0.15, 0.2) is 0 Å². The van der Waals surface area contributed by atoms with Gasteiger partial charge in [-0.3, -0.25) is 9.59 Å². The van der Waals surface area contributed by atoms with E-state index < -0.39 is 5.41 Å². The van der Waals surface area contributed by atoms with Gasteiger partial charge in [-0.2, -0.15) is 0 Å². The van der Waals surface area contributed by atoms with Crippen LogP contribution >= 0.6 is 11.3 Å². The van der Waals surface area contributed by atoms with Gasteiger partial charge >= 0.3 is 0 Å². The van der Waals surface area contributed by atoms with Crippen LogP contribution in [-0.4, -0.2) is 51.3 Å². The maximum atomic E-state index is 13.1. The van der Waals surface area contributed by atoms with Gasteiger partial charge in [0.2, 0.25) is 11.8 Å². The molecule has 0 radical (unpaired) electrons. The zero-order valence-electron chi connectivity index (χ0n) is 17.9. The van der Waals surface area contributed by atoms with Crippen LogP contribution in [0, 0.1) is 12.3 Å². The Kier molecular flexibility index (Phi) is 6.18. The van der Waals surface area contributed by atoms with Crippen LogP contribution in [0.15, 0.2) is 48.0 Å². The fourth-order valence-electron chi connectivity index (χ4n) is 4.17. The Balaban J connectivity index is 1.49. The second-order valence-electron chi connectivity index (χ2n) is 8.11. The molecule has 4 rings (SSSR count). The van der Waals surface area contributed by atoms with Gasteiger partial charge in [0, 0.05) is 30.7 Å². The molecule has 0 bridgehead atoms. The number of aromatic nitrogens is 3. The van der Waals surface area contributed by atoms with E-state index in [0.717, 1.165) is 11.3 Å². The number of nitrogens with one attached hydrogen (secondary N) is 1. The summed E-state index contributed by atoms with van der Waals surface area (Å²) in [5.41, 5.74) is 2.44. The topological polar surface area (TPSA) is 80.1 Å². The van der Waals surface area contributed by atoms with E-state index in [9.17, 15) is 9.59 Å². The number of thiophene rings is 1. The standard InChI is InChI=1S/C23H27N5O2S/c1-3-24-22(30)23(13-18-6-8-19(9-7-18)20-5-4-12-31-20)10-11-27(16-23)21(29)15-28-14-17(2)25-26-28/h4-9,12,14H,3,10-11,13,15-16H2,1-2H3,(H,24,30)/t23-/m1/s1. The van der Waals surface area contributed by atoms with Crippen LogP contribution in [0.25, 0.3) is 10.4 Å². The average molecular weight is 438 g/mol. The molecule has 1 aliphatic heterocycles. The number of carbonyl (C=O) groups excluding carboxylic acids is 2. The van der Waals surface area contributed by atoms with Crippen LogP contribution in [0.5, 0.6) is 0 Å². The SMILES string of the molecule is CCNC(=O)[C@@]1(Cc2ccc(-c3cccs3)cc2)CCN(C(=O)Cn2cc(C)nn2)C1.